The lowest BCUT2D eigenvalue weighted by molar-refractivity contribution is 0.518. The average Bonchev–Trinajstić information content (AvgIpc) is 2.70. The van der Waals surface area contributed by atoms with Crippen LogP contribution in [0.3, 0.4) is 0 Å². The highest BCUT2D eigenvalue weighted by molar-refractivity contribution is 5.25. The fourth-order valence-corrected chi connectivity index (χ4v) is 3.96. The Morgan fingerprint density at radius 1 is 0.714 bits per heavy atom. The predicted molar refractivity (Wildman–Crippen MR) is 127 cm³/mol. The number of benzene rings is 1. The molecule has 0 aliphatic carbocycles. The normalized spacial score (nSPS) is 12.2. The molecule has 0 spiro atoms. The van der Waals surface area contributed by atoms with Crippen LogP contribution in [0.4, 0.5) is 0 Å². The van der Waals surface area contributed by atoms with Crippen LogP contribution in [0.5, 0.6) is 0 Å². The minimum Gasteiger partial charge on any atom is -0.307 e. The van der Waals surface area contributed by atoms with Gasteiger partial charge in [0.2, 0.25) is 0 Å². The van der Waals surface area contributed by atoms with Crippen molar-refractivity contribution in [1.82, 2.24) is 5.32 Å². The topological polar surface area (TPSA) is 12.0 Å². The summed E-state index contributed by atoms with van der Waals surface area (Å²) in [6.45, 7) is 9.67. The fraction of sp³-hybridized carbons (Fsp3) is 0.704. The van der Waals surface area contributed by atoms with Gasteiger partial charge in [-0.2, -0.15) is 0 Å². The van der Waals surface area contributed by atoms with Crippen molar-refractivity contribution in [3.8, 4) is 0 Å². The summed E-state index contributed by atoms with van der Waals surface area (Å²) >= 11 is 0. The number of rotatable bonds is 19. The van der Waals surface area contributed by atoms with Crippen LogP contribution in [0, 0.1) is 0 Å². The molecule has 0 aromatic heterocycles. The van der Waals surface area contributed by atoms with Crippen molar-refractivity contribution in [2.45, 2.75) is 116 Å². The van der Waals surface area contributed by atoms with E-state index >= 15 is 0 Å². The first-order valence-electron chi connectivity index (χ1n) is 12.2. The Balaban J connectivity index is 1.88. The quantitative estimate of drug-likeness (QED) is 0.185. The molecule has 1 heteroatoms. The lowest BCUT2D eigenvalue weighted by Gasteiger charge is -2.19. The third-order valence-electron chi connectivity index (χ3n) is 5.75. The van der Waals surface area contributed by atoms with Crippen molar-refractivity contribution in [2.75, 3.05) is 6.54 Å². The van der Waals surface area contributed by atoms with E-state index in [9.17, 15) is 0 Å². The summed E-state index contributed by atoms with van der Waals surface area (Å²) in [5.74, 6) is 0. The van der Waals surface area contributed by atoms with E-state index in [0.29, 0.717) is 6.04 Å². The van der Waals surface area contributed by atoms with Crippen molar-refractivity contribution in [2.24, 2.45) is 0 Å². The Kier molecular flexibility index (Phi) is 16.0. The predicted octanol–water partition coefficient (Wildman–Crippen LogP) is 8.76. The molecule has 0 aliphatic heterocycles. The maximum Gasteiger partial charge on any atom is 0.0530 e. The maximum absolute atomic E-state index is 4.16. The Bertz CT molecular complexity index is 464. The molecule has 1 unspecified atom stereocenters. The number of unbranched alkanes of at least 4 members (excludes halogenated alkanes) is 14. The van der Waals surface area contributed by atoms with Crippen LogP contribution in [0.15, 0.2) is 42.5 Å². The molecular formula is C27H47N. The Morgan fingerprint density at radius 2 is 1.14 bits per heavy atom. The van der Waals surface area contributed by atoms with Crippen LogP contribution in [-0.2, 0) is 0 Å². The Morgan fingerprint density at radius 3 is 1.57 bits per heavy atom. The first-order valence-corrected chi connectivity index (χ1v) is 12.2. The van der Waals surface area contributed by atoms with Gasteiger partial charge in [-0.3, -0.25) is 0 Å². The van der Waals surface area contributed by atoms with E-state index < -0.39 is 0 Å². The summed E-state index contributed by atoms with van der Waals surface area (Å²) in [5, 5.41) is 3.68. The first-order chi connectivity index (χ1) is 13.8. The van der Waals surface area contributed by atoms with Crippen LogP contribution in [0.2, 0.25) is 0 Å². The standard InChI is InChI=1S/C27H47N/c1-4-5-6-7-8-9-10-11-12-13-14-15-16-17-21-24-28-27(25(2)3)26-22-19-18-20-23-26/h18-20,22-23,27-28H,2,4-17,21,24H2,1,3H3. The van der Waals surface area contributed by atoms with Gasteiger partial charge < -0.3 is 5.32 Å². The molecule has 28 heavy (non-hydrogen) atoms. The SMILES string of the molecule is C=C(C)C(NCCCCCCCCCCCCCCCCC)c1ccccc1. The minimum absolute atomic E-state index is 0.299. The Labute approximate surface area is 176 Å². The second-order valence-corrected chi connectivity index (χ2v) is 8.59. The van der Waals surface area contributed by atoms with E-state index in [4.69, 9.17) is 0 Å². The smallest absolute Gasteiger partial charge is 0.0530 e. The largest absolute Gasteiger partial charge is 0.307 e. The summed E-state index contributed by atoms with van der Waals surface area (Å²) < 4.78 is 0. The summed E-state index contributed by atoms with van der Waals surface area (Å²) in [4.78, 5) is 0. The second-order valence-electron chi connectivity index (χ2n) is 8.59. The molecule has 1 nitrogen and oxygen atoms in total. The molecule has 1 aromatic carbocycles. The van der Waals surface area contributed by atoms with Crippen LogP contribution < -0.4 is 5.32 Å². The molecule has 1 N–H and O–H groups in total. The number of hydrogen-bond acceptors (Lipinski definition) is 1. The van der Waals surface area contributed by atoms with E-state index in [1.807, 2.05) is 0 Å². The van der Waals surface area contributed by atoms with Gasteiger partial charge in [-0.05, 0) is 25.5 Å². The van der Waals surface area contributed by atoms with Gasteiger partial charge in [-0.15, -0.1) is 0 Å². The summed E-state index contributed by atoms with van der Waals surface area (Å²) in [5.41, 5.74) is 2.53. The van der Waals surface area contributed by atoms with E-state index in [1.54, 1.807) is 0 Å². The molecule has 1 atom stereocenters. The summed E-state index contributed by atoms with van der Waals surface area (Å²) in [6.07, 6.45) is 21.3. The summed E-state index contributed by atoms with van der Waals surface area (Å²) in [6, 6.07) is 11.0. The molecule has 0 heterocycles. The molecule has 0 saturated heterocycles. The lowest BCUT2D eigenvalue weighted by atomic mass is 10.0. The van der Waals surface area contributed by atoms with Gasteiger partial charge in [-0.25, -0.2) is 0 Å². The molecular weight excluding hydrogens is 338 g/mol. The zero-order valence-corrected chi connectivity index (χ0v) is 19.0. The molecule has 0 amide bonds. The summed E-state index contributed by atoms with van der Waals surface area (Å²) in [7, 11) is 0. The van der Waals surface area contributed by atoms with Gasteiger partial charge in [0.1, 0.15) is 0 Å². The molecule has 0 radical (unpaired) electrons. The number of nitrogens with one attached hydrogen (secondary N) is 1. The van der Waals surface area contributed by atoms with E-state index in [-0.39, 0.29) is 0 Å². The van der Waals surface area contributed by atoms with Crippen molar-refractivity contribution in [3.63, 3.8) is 0 Å². The molecule has 160 valence electrons. The van der Waals surface area contributed by atoms with Gasteiger partial charge in [0, 0.05) is 0 Å². The van der Waals surface area contributed by atoms with E-state index in [2.05, 4.69) is 56.1 Å². The van der Waals surface area contributed by atoms with E-state index in [0.717, 1.165) is 6.54 Å². The third-order valence-corrected chi connectivity index (χ3v) is 5.75. The van der Waals surface area contributed by atoms with Crippen LogP contribution in [-0.4, -0.2) is 6.54 Å². The molecule has 1 aromatic rings. The van der Waals surface area contributed by atoms with Gasteiger partial charge in [0.15, 0.2) is 0 Å². The van der Waals surface area contributed by atoms with Crippen LogP contribution in [0.1, 0.15) is 122 Å². The van der Waals surface area contributed by atoms with Gasteiger partial charge in [0.05, 0.1) is 6.04 Å². The third kappa shape index (κ3) is 13.2. The Hall–Kier alpha value is -1.08. The molecule has 0 saturated carbocycles. The lowest BCUT2D eigenvalue weighted by Crippen LogP contribution is -2.23. The molecule has 0 fully saturated rings. The monoisotopic (exact) mass is 385 g/mol. The van der Waals surface area contributed by atoms with Gasteiger partial charge in [0.25, 0.3) is 0 Å². The fourth-order valence-electron chi connectivity index (χ4n) is 3.96. The average molecular weight is 386 g/mol. The van der Waals surface area contributed by atoms with Crippen LogP contribution >= 0.6 is 0 Å². The zero-order chi connectivity index (χ0) is 20.3. The van der Waals surface area contributed by atoms with Gasteiger partial charge in [-0.1, -0.05) is 139 Å². The molecule has 0 aliphatic rings. The van der Waals surface area contributed by atoms with Gasteiger partial charge >= 0.3 is 0 Å². The van der Waals surface area contributed by atoms with Crippen molar-refractivity contribution >= 4 is 0 Å². The molecule has 0 bridgehead atoms. The van der Waals surface area contributed by atoms with Crippen LogP contribution in [0.25, 0.3) is 0 Å². The van der Waals surface area contributed by atoms with Crippen molar-refractivity contribution in [1.29, 1.82) is 0 Å². The first kappa shape index (κ1) is 25.0. The molecule has 1 rings (SSSR count). The zero-order valence-electron chi connectivity index (χ0n) is 19.0. The number of hydrogen-bond donors (Lipinski definition) is 1. The van der Waals surface area contributed by atoms with Crippen molar-refractivity contribution in [3.05, 3.63) is 48.0 Å². The maximum atomic E-state index is 4.16. The second kappa shape index (κ2) is 18.0. The highest BCUT2D eigenvalue weighted by atomic mass is 14.9. The highest BCUT2D eigenvalue weighted by Gasteiger charge is 2.10. The van der Waals surface area contributed by atoms with E-state index in [1.165, 1.54) is 107 Å². The highest BCUT2D eigenvalue weighted by Crippen LogP contribution is 2.20. The van der Waals surface area contributed by atoms with Crippen molar-refractivity contribution < 1.29 is 0 Å². The minimum atomic E-state index is 0.299.